The Morgan fingerprint density at radius 3 is 0.947 bits per heavy atom. The third-order valence-electron chi connectivity index (χ3n) is 3.71. The molecule has 0 N–H and O–H groups in total. The highest BCUT2D eigenvalue weighted by atomic mass is 15.3. The van der Waals surface area contributed by atoms with Gasteiger partial charge in [-0.2, -0.15) is 0 Å². The van der Waals surface area contributed by atoms with Gasteiger partial charge in [-0.25, -0.2) is 0 Å². The lowest BCUT2D eigenvalue weighted by Crippen LogP contribution is -2.40. The third kappa shape index (κ3) is 11.4. The van der Waals surface area contributed by atoms with Gasteiger partial charge < -0.3 is 0 Å². The second kappa shape index (κ2) is 14.3. The van der Waals surface area contributed by atoms with E-state index >= 15 is 0 Å². The second-order valence-corrected chi connectivity index (χ2v) is 5.79. The molecule has 0 aromatic heterocycles. The average Bonchev–Trinajstić information content (AvgIpc) is 2.44. The maximum absolute atomic E-state index is 2.68. The van der Waals surface area contributed by atoms with E-state index in [-0.39, 0.29) is 0 Å². The van der Waals surface area contributed by atoms with Gasteiger partial charge in [0.2, 0.25) is 0 Å². The van der Waals surface area contributed by atoms with E-state index in [0.29, 0.717) is 0 Å². The monoisotopic (exact) mass is 270 g/mol. The first kappa shape index (κ1) is 18.9. The van der Waals surface area contributed by atoms with Gasteiger partial charge in [0.1, 0.15) is 0 Å². The molecule has 0 fully saturated rings. The lowest BCUT2D eigenvalue weighted by atomic mass is 10.2. The van der Waals surface area contributed by atoms with Crippen molar-refractivity contribution in [3.05, 3.63) is 0 Å². The lowest BCUT2D eigenvalue weighted by Gasteiger charge is -2.30. The Hall–Kier alpha value is -0.0800. The van der Waals surface area contributed by atoms with E-state index in [9.17, 15) is 0 Å². The molecule has 0 saturated carbocycles. The summed E-state index contributed by atoms with van der Waals surface area (Å²) in [6, 6.07) is 0. The molecule has 0 rings (SSSR count). The summed E-state index contributed by atoms with van der Waals surface area (Å²) in [6.07, 6.45) is 10.6. The van der Waals surface area contributed by atoms with Crippen LogP contribution in [0, 0.1) is 0 Å². The van der Waals surface area contributed by atoms with Crippen LogP contribution >= 0.6 is 0 Å². The summed E-state index contributed by atoms with van der Waals surface area (Å²) < 4.78 is 0. The minimum Gasteiger partial charge on any atom is -0.290 e. The molecule has 0 unspecified atom stereocenters. The maximum atomic E-state index is 2.68. The third-order valence-corrected chi connectivity index (χ3v) is 3.71. The van der Waals surface area contributed by atoms with Gasteiger partial charge in [0, 0.05) is 0 Å². The molecule has 0 spiro atoms. The highest BCUT2D eigenvalue weighted by Crippen LogP contribution is 2.05. The first-order valence-corrected chi connectivity index (χ1v) is 8.73. The smallest absolute Gasteiger partial charge is 0.0506 e. The largest absolute Gasteiger partial charge is 0.290 e. The molecule has 2 nitrogen and oxygen atoms in total. The van der Waals surface area contributed by atoms with Crippen molar-refractivity contribution < 1.29 is 0 Å². The Bertz CT molecular complexity index is 137. The molecular formula is C17H38N2. The standard InChI is InChI=1S/C17H38N2/c1-5-9-13-18(14-10-6-2)17-19(15-11-7-3)16-12-8-4/h5-17H2,1-4H3. The molecule has 0 aliphatic carbocycles. The Labute approximate surface area is 122 Å². The molecule has 0 heterocycles. The van der Waals surface area contributed by atoms with Gasteiger partial charge in [0.15, 0.2) is 0 Å². The molecule has 116 valence electrons. The fourth-order valence-corrected chi connectivity index (χ4v) is 2.32. The molecule has 0 radical (unpaired) electrons. The van der Waals surface area contributed by atoms with Gasteiger partial charge >= 0.3 is 0 Å². The average molecular weight is 271 g/mol. The minimum atomic E-state index is 1.19. The Balaban J connectivity index is 4.16. The van der Waals surface area contributed by atoms with Crippen LogP contribution in [-0.4, -0.2) is 42.6 Å². The summed E-state index contributed by atoms with van der Waals surface area (Å²) in [5.74, 6) is 0. The van der Waals surface area contributed by atoms with Gasteiger partial charge in [-0.05, 0) is 51.9 Å². The van der Waals surface area contributed by atoms with Gasteiger partial charge in [-0.15, -0.1) is 0 Å². The summed E-state index contributed by atoms with van der Waals surface area (Å²) >= 11 is 0. The van der Waals surface area contributed by atoms with Crippen LogP contribution in [0.5, 0.6) is 0 Å². The van der Waals surface area contributed by atoms with Crippen LogP contribution in [0.2, 0.25) is 0 Å². The molecule has 0 amide bonds. The number of rotatable bonds is 14. The van der Waals surface area contributed by atoms with E-state index in [0.717, 1.165) is 0 Å². The van der Waals surface area contributed by atoms with Crippen LogP contribution in [0.15, 0.2) is 0 Å². The zero-order valence-corrected chi connectivity index (χ0v) is 14.1. The fourth-order valence-electron chi connectivity index (χ4n) is 2.32. The van der Waals surface area contributed by atoms with Crippen LogP contribution in [0.1, 0.15) is 79.1 Å². The summed E-state index contributed by atoms with van der Waals surface area (Å²) in [5, 5.41) is 0. The van der Waals surface area contributed by atoms with Crippen LogP contribution in [0.4, 0.5) is 0 Å². The quantitative estimate of drug-likeness (QED) is 0.420. The number of hydrogen-bond acceptors (Lipinski definition) is 2. The second-order valence-electron chi connectivity index (χ2n) is 5.79. The SMILES string of the molecule is CCCCN(CCCC)CN(CCCC)CCCC. The molecule has 0 bridgehead atoms. The summed E-state index contributed by atoms with van der Waals surface area (Å²) in [7, 11) is 0. The van der Waals surface area contributed by atoms with Gasteiger partial charge in [-0.1, -0.05) is 53.4 Å². The van der Waals surface area contributed by atoms with Crippen molar-refractivity contribution in [2.75, 3.05) is 32.8 Å². The Kier molecular flexibility index (Phi) is 14.3. The lowest BCUT2D eigenvalue weighted by molar-refractivity contribution is 0.125. The van der Waals surface area contributed by atoms with E-state index in [4.69, 9.17) is 0 Å². The van der Waals surface area contributed by atoms with Crippen molar-refractivity contribution in [3.8, 4) is 0 Å². The number of unbranched alkanes of at least 4 members (excludes halogenated alkanes) is 4. The minimum absolute atomic E-state index is 1.19. The molecule has 2 heteroatoms. The molecule has 0 aliphatic heterocycles. The summed E-state index contributed by atoms with van der Waals surface area (Å²) in [6.45, 7) is 15.5. The topological polar surface area (TPSA) is 6.48 Å². The molecular weight excluding hydrogens is 232 g/mol. The van der Waals surface area contributed by atoms with Crippen LogP contribution in [0.25, 0.3) is 0 Å². The zero-order valence-electron chi connectivity index (χ0n) is 14.1. The molecule has 0 saturated heterocycles. The van der Waals surface area contributed by atoms with Crippen LogP contribution in [0.3, 0.4) is 0 Å². The van der Waals surface area contributed by atoms with Gasteiger partial charge in [0.05, 0.1) is 6.67 Å². The van der Waals surface area contributed by atoms with Crippen LogP contribution < -0.4 is 0 Å². The Morgan fingerprint density at radius 2 is 0.737 bits per heavy atom. The van der Waals surface area contributed by atoms with E-state index in [1.54, 1.807) is 0 Å². The molecule has 0 aliphatic rings. The summed E-state index contributed by atoms with van der Waals surface area (Å²) in [4.78, 5) is 5.36. The predicted molar refractivity (Wildman–Crippen MR) is 87.6 cm³/mol. The summed E-state index contributed by atoms with van der Waals surface area (Å²) in [5.41, 5.74) is 0. The first-order valence-electron chi connectivity index (χ1n) is 8.73. The normalized spacial score (nSPS) is 11.7. The van der Waals surface area contributed by atoms with Crippen molar-refractivity contribution in [2.45, 2.75) is 79.1 Å². The molecule has 0 aromatic carbocycles. The van der Waals surface area contributed by atoms with Crippen molar-refractivity contribution in [1.82, 2.24) is 9.80 Å². The van der Waals surface area contributed by atoms with Gasteiger partial charge in [0.25, 0.3) is 0 Å². The van der Waals surface area contributed by atoms with Crippen LogP contribution in [-0.2, 0) is 0 Å². The molecule has 0 aromatic rings. The number of nitrogens with zero attached hydrogens (tertiary/aromatic N) is 2. The Morgan fingerprint density at radius 1 is 0.474 bits per heavy atom. The van der Waals surface area contributed by atoms with E-state index in [2.05, 4.69) is 37.5 Å². The van der Waals surface area contributed by atoms with E-state index < -0.39 is 0 Å². The van der Waals surface area contributed by atoms with Crippen molar-refractivity contribution >= 4 is 0 Å². The molecule has 0 atom stereocenters. The predicted octanol–water partition coefficient (Wildman–Crippen LogP) is 4.75. The van der Waals surface area contributed by atoms with Gasteiger partial charge in [-0.3, -0.25) is 9.80 Å². The molecule has 19 heavy (non-hydrogen) atoms. The van der Waals surface area contributed by atoms with Crippen molar-refractivity contribution in [2.24, 2.45) is 0 Å². The van der Waals surface area contributed by atoms with E-state index in [1.807, 2.05) is 0 Å². The van der Waals surface area contributed by atoms with Crippen molar-refractivity contribution in [1.29, 1.82) is 0 Å². The highest BCUT2D eigenvalue weighted by molar-refractivity contribution is 4.62. The number of hydrogen-bond donors (Lipinski definition) is 0. The zero-order chi connectivity index (χ0) is 14.3. The maximum Gasteiger partial charge on any atom is 0.0506 e. The highest BCUT2D eigenvalue weighted by Gasteiger charge is 2.10. The fraction of sp³-hybridized carbons (Fsp3) is 1.00. The van der Waals surface area contributed by atoms with Crippen molar-refractivity contribution in [3.63, 3.8) is 0 Å². The first-order chi connectivity index (χ1) is 9.28. The van der Waals surface area contributed by atoms with E-state index in [1.165, 1.54) is 84.2 Å².